The van der Waals surface area contributed by atoms with Gasteiger partial charge >= 0.3 is 6.09 Å². The quantitative estimate of drug-likeness (QED) is 0.527. The number of rotatable bonds is 11. The molecule has 0 aliphatic heterocycles. The predicted molar refractivity (Wildman–Crippen MR) is 131 cm³/mol. The van der Waals surface area contributed by atoms with E-state index in [0.717, 1.165) is 21.8 Å². The summed E-state index contributed by atoms with van der Waals surface area (Å²) in [6.45, 7) is 5.49. The number of amides is 3. The maximum Gasteiger partial charge on any atom is 0.411 e. The van der Waals surface area contributed by atoms with Crippen LogP contribution >= 0.6 is 0 Å². The molecule has 0 fully saturated rings. The number of carbonyl (C=O) groups is 3. The van der Waals surface area contributed by atoms with E-state index in [2.05, 4.69) is 10.6 Å². The highest BCUT2D eigenvalue weighted by atomic mass is 16.6. The molecule has 184 valence electrons. The van der Waals surface area contributed by atoms with Crippen LogP contribution < -0.4 is 15.4 Å². The predicted octanol–water partition coefficient (Wildman–Crippen LogP) is 2.95. The summed E-state index contributed by atoms with van der Waals surface area (Å²) in [6.07, 6.45) is 0.587. The van der Waals surface area contributed by atoms with E-state index < -0.39 is 11.7 Å². The normalized spacial score (nSPS) is 10.8. The van der Waals surface area contributed by atoms with Crippen LogP contribution in [0.15, 0.2) is 54.6 Å². The molecule has 0 heterocycles. The summed E-state index contributed by atoms with van der Waals surface area (Å²) >= 11 is 0. The van der Waals surface area contributed by atoms with Gasteiger partial charge in [-0.15, -0.1) is 0 Å². The minimum absolute atomic E-state index is 0.268. The first-order chi connectivity index (χ1) is 16.2. The number of ether oxygens (including phenoxy) is 2. The molecule has 0 aliphatic carbocycles. The van der Waals surface area contributed by atoms with Gasteiger partial charge in [0.15, 0.2) is 0 Å². The lowest BCUT2D eigenvalue weighted by atomic mass is 10.1. The second kappa shape index (κ2) is 13.2. The number of methoxy groups -OCH3 is 1. The van der Waals surface area contributed by atoms with Crippen LogP contribution in [-0.2, 0) is 27.2 Å². The Morgan fingerprint density at radius 1 is 0.794 bits per heavy atom. The first-order valence-corrected chi connectivity index (χ1v) is 11.3. The molecule has 34 heavy (non-hydrogen) atoms. The highest BCUT2D eigenvalue weighted by Crippen LogP contribution is 2.12. The number of nitrogens with zero attached hydrogens (tertiary/aromatic N) is 1. The van der Waals surface area contributed by atoms with Gasteiger partial charge < -0.3 is 20.1 Å². The molecule has 0 aromatic heterocycles. The number of nitrogens with one attached hydrogen (secondary N) is 2. The lowest BCUT2D eigenvalue weighted by molar-refractivity contribution is -0.125. The third-order valence-electron chi connectivity index (χ3n) is 4.79. The molecule has 0 radical (unpaired) electrons. The van der Waals surface area contributed by atoms with Crippen molar-refractivity contribution >= 4 is 17.9 Å². The maximum absolute atomic E-state index is 12.6. The molecule has 0 aliphatic rings. The van der Waals surface area contributed by atoms with Gasteiger partial charge in [0.1, 0.15) is 24.4 Å². The minimum Gasteiger partial charge on any atom is -0.497 e. The van der Waals surface area contributed by atoms with E-state index in [9.17, 15) is 14.4 Å². The number of hydrogen-bond donors (Lipinski definition) is 2. The van der Waals surface area contributed by atoms with Crippen LogP contribution in [0.4, 0.5) is 4.79 Å². The molecule has 0 bridgehead atoms. The van der Waals surface area contributed by atoms with E-state index in [1.807, 2.05) is 54.6 Å². The second-order valence-electron chi connectivity index (χ2n) is 8.87. The first kappa shape index (κ1) is 26.7. The fourth-order valence-corrected chi connectivity index (χ4v) is 3.10. The molecular weight excluding hydrogens is 434 g/mol. The Labute approximate surface area is 201 Å². The first-order valence-electron chi connectivity index (χ1n) is 11.3. The van der Waals surface area contributed by atoms with Crippen LogP contribution in [0.5, 0.6) is 5.75 Å². The fraction of sp³-hybridized carbons (Fsp3) is 0.423. The van der Waals surface area contributed by atoms with E-state index in [1.54, 1.807) is 27.9 Å². The third-order valence-corrected chi connectivity index (χ3v) is 4.79. The molecule has 0 unspecified atom stereocenters. The highest BCUT2D eigenvalue weighted by molar-refractivity contribution is 5.86. The van der Waals surface area contributed by atoms with Crippen LogP contribution in [0.1, 0.15) is 31.9 Å². The Morgan fingerprint density at radius 3 is 1.76 bits per heavy atom. The van der Waals surface area contributed by atoms with E-state index in [4.69, 9.17) is 9.47 Å². The molecular formula is C26H35N3O5. The molecule has 2 aromatic carbocycles. The molecule has 8 heteroatoms. The average Bonchev–Trinajstić information content (AvgIpc) is 2.78. The van der Waals surface area contributed by atoms with Crippen molar-refractivity contribution in [1.82, 2.24) is 15.5 Å². The van der Waals surface area contributed by atoms with Crippen molar-refractivity contribution in [1.29, 1.82) is 0 Å². The Morgan fingerprint density at radius 2 is 1.29 bits per heavy atom. The second-order valence-corrected chi connectivity index (χ2v) is 8.87. The van der Waals surface area contributed by atoms with Gasteiger partial charge in [0.05, 0.1) is 7.11 Å². The van der Waals surface area contributed by atoms with Crippen molar-refractivity contribution in [2.75, 3.05) is 33.3 Å². The minimum atomic E-state index is -0.746. The van der Waals surface area contributed by atoms with Gasteiger partial charge in [-0.05, 0) is 56.9 Å². The Kier molecular flexibility index (Phi) is 10.4. The van der Waals surface area contributed by atoms with E-state index in [0.29, 0.717) is 25.9 Å². The maximum atomic E-state index is 12.6. The van der Waals surface area contributed by atoms with Gasteiger partial charge in [0.25, 0.3) is 0 Å². The summed E-state index contributed by atoms with van der Waals surface area (Å²) in [6, 6.07) is 17.3. The number of carbonyl (C=O) groups excluding carboxylic acids is 3. The SMILES string of the molecule is COc1ccc(CCNC(=O)CN(CC(=O)NCCc2ccccc2)C(=O)OC(C)(C)C)cc1. The van der Waals surface area contributed by atoms with Gasteiger partial charge in [-0.2, -0.15) is 0 Å². The number of hydrogen-bond acceptors (Lipinski definition) is 5. The molecule has 2 rings (SSSR count). The Balaban J connectivity index is 1.86. The summed E-state index contributed by atoms with van der Waals surface area (Å²) in [5.41, 5.74) is 1.40. The Hall–Kier alpha value is -3.55. The molecule has 0 saturated heterocycles. The third kappa shape index (κ3) is 10.4. The zero-order valence-electron chi connectivity index (χ0n) is 20.4. The van der Waals surface area contributed by atoms with Gasteiger partial charge in [0, 0.05) is 13.1 Å². The average molecular weight is 470 g/mol. The van der Waals surface area contributed by atoms with Crippen molar-refractivity contribution in [2.24, 2.45) is 0 Å². The van der Waals surface area contributed by atoms with Gasteiger partial charge in [-0.3, -0.25) is 14.5 Å². The lowest BCUT2D eigenvalue weighted by Gasteiger charge is -2.26. The molecule has 0 saturated carbocycles. The summed E-state index contributed by atoms with van der Waals surface area (Å²) < 4.78 is 10.5. The van der Waals surface area contributed by atoms with Crippen LogP contribution in [0.2, 0.25) is 0 Å². The van der Waals surface area contributed by atoms with Crippen molar-refractivity contribution in [3.05, 3.63) is 65.7 Å². The zero-order valence-corrected chi connectivity index (χ0v) is 20.4. The highest BCUT2D eigenvalue weighted by Gasteiger charge is 2.25. The van der Waals surface area contributed by atoms with Crippen molar-refractivity contribution in [2.45, 2.75) is 39.2 Å². The van der Waals surface area contributed by atoms with Gasteiger partial charge in [0.2, 0.25) is 11.8 Å². The number of benzene rings is 2. The van der Waals surface area contributed by atoms with Gasteiger partial charge in [-0.1, -0.05) is 42.5 Å². The van der Waals surface area contributed by atoms with E-state index in [1.165, 1.54) is 0 Å². The van der Waals surface area contributed by atoms with Crippen molar-refractivity contribution in [3.8, 4) is 5.75 Å². The topological polar surface area (TPSA) is 97.0 Å². The summed E-state index contributed by atoms with van der Waals surface area (Å²) in [7, 11) is 1.61. The molecule has 3 amide bonds. The molecule has 2 N–H and O–H groups in total. The smallest absolute Gasteiger partial charge is 0.411 e. The summed E-state index contributed by atoms with van der Waals surface area (Å²) in [4.78, 5) is 38.7. The van der Waals surface area contributed by atoms with E-state index in [-0.39, 0.29) is 24.9 Å². The van der Waals surface area contributed by atoms with Crippen LogP contribution in [0.25, 0.3) is 0 Å². The zero-order chi connectivity index (χ0) is 25.0. The summed E-state index contributed by atoms with van der Waals surface area (Å²) in [5.74, 6) is 0.0483. The van der Waals surface area contributed by atoms with E-state index >= 15 is 0 Å². The lowest BCUT2D eigenvalue weighted by Crippen LogP contribution is -2.47. The monoisotopic (exact) mass is 469 g/mol. The fourth-order valence-electron chi connectivity index (χ4n) is 3.10. The standard InChI is InChI=1S/C26H35N3O5/c1-26(2,3)34-25(32)29(18-23(30)27-16-14-20-8-6-5-7-9-20)19-24(31)28-17-15-21-10-12-22(33-4)13-11-21/h5-13H,14-19H2,1-4H3,(H,27,30)(H,28,31). The van der Waals surface area contributed by atoms with Crippen molar-refractivity contribution in [3.63, 3.8) is 0 Å². The van der Waals surface area contributed by atoms with Crippen LogP contribution in [0.3, 0.4) is 0 Å². The molecule has 0 atom stereocenters. The largest absolute Gasteiger partial charge is 0.497 e. The van der Waals surface area contributed by atoms with Crippen LogP contribution in [-0.4, -0.2) is 61.7 Å². The molecule has 0 spiro atoms. The van der Waals surface area contributed by atoms with Gasteiger partial charge in [-0.25, -0.2) is 4.79 Å². The van der Waals surface area contributed by atoms with Crippen molar-refractivity contribution < 1.29 is 23.9 Å². The molecule has 2 aromatic rings. The van der Waals surface area contributed by atoms with Crippen LogP contribution in [0, 0.1) is 0 Å². The molecule has 8 nitrogen and oxygen atoms in total. The summed E-state index contributed by atoms with van der Waals surface area (Å²) in [5, 5.41) is 5.59. The Bertz CT molecular complexity index is 924.